The molecule has 2 fully saturated rings. The molecule has 0 radical (unpaired) electrons. The van der Waals surface area contributed by atoms with Gasteiger partial charge in [0, 0.05) is 166 Å². The van der Waals surface area contributed by atoms with Crippen LogP contribution in [0.1, 0.15) is 89.5 Å². The lowest BCUT2D eigenvalue weighted by Crippen LogP contribution is -2.38. The van der Waals surface area contributed by atoms with Crippen molar-refractivity contribution in [1.82, 2.24) is 73.8 Å². The Balaban J connectivity index is 0.000000195. The van der Waals surface area contributed by atoms with Crippen molar-refractivity contribution in [2.75, 3.05) is 148 Å². The molecule has 0 saturated carbocycles. The van der Waals surface area contributed by atoms with E-state index < -0.39 is 37.4 Å². The number of aromatic nitrogens is 15. The van der Waals surface area contributed by atoms with Gasteiger partial charge in [-0.05, 0) is 179 Å². The molecule has 146 heavy (non-hydrogen) atoms. The summed E-state index contributed by atoms with van der Waals surface area (Å²) in [6, 6.07) is 37.9. The number of aliphatic imine (C=N–C) groups is 1. The summed E-state index contributed by atoms with van der Waals surface area (Å²) < 4.78 is 226. The number of hydrogen-bond donors (Lipinski definition) is 6. The van der Waals surface area contributed by atoms with Crippen molar-refractivity contribution in [3.63, 3.8) is 0 Å². The lowest BCUT2D eigenvalue weighted by atomic mass is 9.88. The van der Waals surface area contributed by atoms with E-state index in [2.05, 4.69) is 87.9 Å². The fraction of sp³-hybridized carbons (Fsp3) is 0.398. The van der Waals surface area contributed by atoms with Crippen molar-refractivity contribution in [3.05, 3.63) is 238 Å². The summed E-state index contributed by atoms with van der Waals surface area (Å²) in [5.74, 6) is 5.80. The number of aryl methyl sites for hydroxylation is 3. The summed E-state index contributed by atoms with van der Waals surface area (Å²) in [5, 5.41) is 21.7. The first kappa shape index (κ1) is 116. The van der Waals surface area contributed by atoms with Gasteiger partial charge in [0.05, 0.1) is 80.5 Å². The number of alkyl halides is 8. The molecule has 0 amide bonds. The number of morpholine rings is 2. The van der Waals surface area contributed by atoms with E-state index >= 15 is 0 Å². The fourth-order valence-electron chi connectivity index (χ4n) is 13.4. The standard InChI is InChI=1S/C19H25ClFN5O2.C17H21ClFN5O2.C16H19F3N4O.C16H21FN2O.2C15H16F4N4O/c1-13(2)26-19(25-5-7-27-8-6-25)23-18(24-26)16-4-3-15(9-17(16)20)28-12-14(10-21)11-22;1-23-17(24-4-6-25-7-5-24)21-16(22-23)14-3-2-13(8-15(14)18)26-11-12(9-19)10-20;1-10(2)23-16(21-15(22-23)14(18)19)12-3-5-13(6-4-12)24-9-11(7-17)8-20;1-16(2)7-15(19-11-16)13-3-5-14(6-4-13)20-10-12(8-17)9-18;1-23-13(6-15(17,18)19)21-14(22-23)11-2-4-12(5-3-11)24-9-10(7-16)8-20;1-23-14(21-13(22-23)6-15(17,18)19)11-2-4-12(5-3-11)24-9-10(7-16)8-20/h3-4,9-10,13H,5-8,11-12,22H2,1-2H3;2-3,8-9H,4-7,10-11,20H2,1H3;3-7,10,14H,8-9,20H2,1-2H3;3-6,8H,7,9-11,18H2,1-2H3;2*2-5,7H,6,8-9,20H2,1H3/b14-10+;12-9+;11-7+;12-8+;2*10-7+. The molecule has 32 nitrogen and oxygen atoms in total. The third kappa shape index (κ3) is 35.9. The zero-order valence-corrected chi connectivity index (χ0v) is 83.2. The molecular formula is C98H118Cl2F14N24O8. The highest BCUT2D eigenvalue weighted by molar-refractivity contribution is 6.33. The topological polar surface area (TPSA) is 402 Å². The van der Waals surface area contributed by atoms with Gasteiger partial charge in [-0.25, -0.2) is 68.8 Å². The highest BCUT2D eigenvalue weighted by Gasteiger charge is 2.34. The molecule has 3 aliphatic heterocycles. The van der Waals surface area contributed by atoms with Crippen molar-refractivity contribution < 1.29 is 99.4 Å². The summed E-state index contributed by atoms with van der Waals surface area (Å²) in [6.07, 6.45) is -10.1. The van der Waals surface area contributed by atoms with Crippen LogP contribution in [-0.2, 0) is 43.5 Å². The summed E-state index contributed by atoms with van der Waals surface area (Å²) in [7, 11) is 4.78. The second-order valence-corrected chi connectivity index (χ2v) is 34.9. The monoisotopic (exact) mass is 2090 g/mol. The second kappa shape index (κ2) is 57.1. The Kier molecular flexibility index (Phi) is 45.5. The summed E-state index contributed by atoms with van der Waals surface area (Å²) in [4.78, 5) is 30.0. The Labute approximate surface area is 844 Å². The molecule has 0 spiro atoms. The number of hydrogen-bond acceptors (Lipinski definition) is 27. The van der Waals surface area contributed by atoms with Gasteiger partial charge in [-0.2, -0.15) is 46.5 Å². The van der Waals surface area contributed by atoms with Gasteiger partial charge in [0.15, 0.2) is 34.9 Å². The summed E-state index contributed by atoms with van der Waals surface area (Å²) in [5.41, 5.74) is 40.1. The van der Waals surface area contributed by atoms with Crippen LogP contribution in [0.25, 0.3) is 56.9 Å². The van der Waals surface area contributed by atoms with Gasteiger partial charge in [0.25, 0.3) is 6.43 Å². The predicted molar refractivity (Wildman–Crippen MR) is 530 cm³/mol. The van der Waals surface area contributed by atoms with Crippen LogP contribution in [0.2, 0.25) is 10.0 Å². The van der Waals surface area contributed by atoms with E-state index in [0.29, 0.717) is 194 Å². The average Bonchev–Trinajstić information content (AvgIpc) is 1.65. The summed E-state index contributed by atoms with van der Waals surface area (Å²) in [6.45, 7) is 19.9. The van der Waals surface area contributed by atoms with E-state index in [9.17, 15) is 61.5 Å². The van der Waals surface area contributed by atoms with Crippen LogP contribution in [0.15, 0.2) is 210 Å². The molecule has 6 aromatic carbocycles. The van der Waals surface area contributed by atoms with E-state index in [1.54, 1.807) is 108 Å². The minimum absolute atomic E-state index is 0.0178. The van der Waals surface area contributed by atoms with Crippen molar-refractivity contribution in [2.24, 2.45) is 66.0 Å². The van der Waals surface area contributed by atoms with E-state index in [1.807, 2.05) is 55.9 Å². The smallest absolute Gasteiger partial charge is 0.396 e. The van der Waals surface area contributed by atoms with Gasteiger partial charge in [-0.3, -0.25) is 9.67 Å². The van der Waals surface area contributed by atoms with Crippen molar-refractivity contribution in [2.45, 2.75) is 91.7 Å². The third-order valence-corrected chi connectivity index (χ3v) is 22.0. The molecule has 11 aromatic rings. The lowest BCUT2D eigenvalue weighted by molar-refractivity contribution is -0.129. The second-order valence-electron chi connectivity index (χ2n) is 34.0. The van der Waals surface area contributed by atoms with Crippen LogP contribution in [0.3, 0.4) is 0 Å². The number of anilines is 2. The zero-order valence-electron chi connectivity index (χ0n) is 81.7. The van der Waals surface area contributed by atoms with Crippen LogP contribution < -0.4 is 72.6 Å². The predicted octanol–water partition coefficient (Wildman–Crippen LogP) is 17.7. The number of ether oxygens (including phenoxy) is 8. The molecular weight excluding hydrogens is 1980 g/mol. The quantitative estimate of drug-likeness (QED) is 0.0197. The lowest BCUT2D eigenvalue weighted by Gasteiger charge is -2.28. The maximum absolute atomic E-state index is 12.8. The number of halogens is 16. The van der Waals surface area contributed by atoms with Crippen LogP contribution in [0.5, 0.6) is 34.5 Å². The van der Waals surface area contributed by atoms with Gasteiger partial charge >= 0.3 is 12.4 Å². The van der Waals surface area contributed by atoms with Crippen LogP contribution >= 0.6 is 23.2 Å². The van der Waals surface area contributed by atoms with Gasteiger partial charge in [0.1, 0.15) is 92.8 Å². The Morgan fingerprint density at radius 1 is 0.404 bits per heavy atom. The average molecular weight is 2100 g/mol. The van der Waals surface area contributed by atoms with E-state index in [4.69, 9.17) is 100 Å². The summed E-state index contributed by atoms with van der Waals surface area (Å²) >= 11 is 12.8. The molecule has 790 valence electrons. The van der Waals surface area contributed by atoms with E-state index in [-0.39, 0.29) is 114 Å². The normalized spacial score (nSPS) is 14.3. The Morgan fingerprint density at radius 2 is 0.760 bits per heavy atom. The van der Waals surface area contributed by atoms with Crippen LogP contribution in [0.4, 0.5) is 73.4 Å². The molecule has 5 aromatic heterocycles. The third-order valence-electron chi connectivity index (χ3n) is 21.4. The maximum Gasteiger partial charge on any atom is 0.396 e. The first-order valence-electron chi connectivity index (χ1n) is 45.7. The molecule has 48 heteroatoms. The molecule has 14 rings (SSSR count). The maximum atomic E-state index is 12.8. The number of benzene rings is 6. The first-order chi connectivity index (χ1) is 69.8. The highest BCUT2D eigenvalue weighted by atomic mass is 35.5. The molecule has 12 N–H and O–H groups in total. The Morgan fingerprint density at radius 3 is 1.12 bits per heavy atom. The van der Waals surface area contributed by atoms with Crippen LogP contribution in [0, 0.1) is 5.41 Å². The molecule has 3 aliphatic rings. The van der Waals surface area contributed by atoms with E-state index in [1.165, 1.54) is 23.5 Å². The van der Waals surface area contributed by atoms with Gasteiger partial charge < -0.3 is 82.1 Å². The van der Waals surface area contributed by atoms with Gasteiger partial charge in [-0.1, -0.05) is 37.0 Å². The molecule has 0 bridgehead atoms. The molecule has 2 saturated heterocycles. The minimum Gasteiger partial charge on any atom is -0.489 e. The fourth-order valence-corrected chi connectivity index (χ4v) is 13.9. The number of rotatable bonds is 37. The van der Waals surface area contributed by atoms with Crippen LogP contribution in [-0.4, -0.2) is 230 Å². The first-order valence-corrected chi connectivity index (χ1v) is 46.5. The van der Waals surface area contributed by atoms with Crippen molar-refractivity contribution >= 4 is 40.8 Å². The number of nitrogens with two attached hydrogens (primary N) is 6. The van der Waals surface area contributed by atoms with Gasteiger partial charge in [0.2, 0.25) is 17.7 Å². The molecule has 8 heterocycles. The zero-order chi connectivity index (χ0) is 106. The molecule has 0 unspecified atom stereocenters. The molecule has 0 atom stereocenters. The Bertz CT molecular complexity index is 6160. The van der Waals surface area contributed by atoms with Crippen molar-refractivity contribution in [3.8, 4) is 91.4 Å². The largest absolute Gasteiger partial charge is 0.489 e. The van der Waals surface area contributed by atoms with Gasteiger partial charge in [-0.15, -0.1) is 15.3 Å². The highest BCUT2D eigenvalue weighted by Crippen LogP contribution is 2.37. The molecule has 0 aliphatic carbocycles. The minimum atomic E-state index is -4.36. The SMILES string of the molecule is CC(C)n1nc(-c2ccc(OC/C(=C/F)CN)cc2Cl)nc1N1CCOCC1.CC(C)n1nc(C(F)F)nc1-c1ccc(OC/C(=C/F)CN)cc1.CC1(C)CN=C(c2ccc(OC/C(=C/F)CN)cc2)C1.Cn1nc(-c2ccc(OC/C(=C/F)CN)cc2)nc1CC(F)(F)F.Cn1nc(-c2ccc(OC/C(=C/F)CN)cc2Cl)nc1N1CCOCC1.Cn1nc(CC(F)(F)F)nc1-c1ccc(OC/C(=C/F)CN)cc1. The van der Waals surface area contributed by atoms with E-state index in [0.717, 1.165) is 67.0 Å². The van der Waals surface area contributed by atoms with Crippen molar-refractivity contribution in [1.29, 1.82) is 0 Å². The number of nitrogens with zero attached hydrogens (tertiary/aromatic N) is 18. The Hall–Kier alpha value is -13.2.